The first-order valence-corrected chi connectivity index (χ1v) is 11.1. The fourth-order valence-electron chi connectivity index (χ4n) is 3.77. The Morgan fingerprint density at radius 1 is 1.19 bits per heavy atom. The van der Waals surface area contributed by atoms with E-state index in [-0.39, 0.29) is 17.5 Å². The molecule has 0 aliphatic carbocycles. The van der Waals surface area contributed by atoms with E-state index in [0.717, 1.165) is 5.56 Å². The van der Waals surface area contributed by atoms with Gasteiger partial charge in [0.2, 0.25) is 0 Å². The smallest absolute Gasteiger partial charge is 0.269 e. The molecule has 1 atom stereocenters. The van der Waals surface area contributed by atoms with Crippen LogP contribution in [0, 0.1) is 0 Å². The van der Waals surface area contributed by atoms with Gasteiger partial charge >= 0.3 is 0 Å². The first-order chi connectivity index (χ1) is 15.1. The Kier molecular flexibility index (Phi) is 5.27. The molecule has 1 saturated heterocycles. The maximum absolute atomic E-state index is 13.4. The molecule has 7 nitrogen and oxygen atoms in total. The summed E-state index contributed by atoms with van der Waals surface area (Å²) < 4.78 is 0.431. The lowest BCUT2D eigenvalue weighted by atomic mass is 10.0. The van der Waals surface area contributed by atoms with Crippen LogP contribution < -0.4 is 10.9 Å². The van der Waals surface area contributed by atoms with Gasteiger partial charge < -0.3 is 15.2 Å². The quantitative estimate of drug-likeness (QED) is 0.497. The molecule has 5 rings (SSSR count). The van der Waals surface area contributed by atoms with Crippen molar-refractivity contribution in [1.29, 1.82) is 0 Å². The van der Waals surface area contributed by atoms with E-state index in [0.29, 0.717) is 52.0 Å². The van der Waals surface area contributed by atoms with Gasteiger partial charge in [-0.15, -0.1) is 11.3 Å². The number of carbonyl (C=O) groups is 1. The van der Waals surface area contributed by atoms with Crippen LogP contribution in [0.15, 0.2) is 58.8 Å². The first-order valence-electron chi connectivity index (χ1n) is 9.82. The van der Waals surface area contributed by atoms with Crippen molar-refractivity contribution in [2.45, 2.75) is 6.04 Å². The van der Waals surface area contributed by atoms with Crippen LogP contribution in [0.2, 0.25) is 5.02 Å². The Morgan fingerprint density at radius 2 is 2.03 bits per heavy atom. The van der Waals surface area contributed by atoms with Crippen molar-refractivity contribution in [3.63, 3.8) is 0 Å². The number of nitrogens with zero attached hydrogens (tertiary/aromatic N) is 3. The molecule has 4 heterocycles. The number of rotatable bonds is 3. The molecular formula is C22H18ClN5O2S. The highest BCUT2D eigenvalue weighted by atomic mass is 35.5. The molecule has 156 valence electrons. The SMILES string of the molecule is O=C(c1csc2c(=O)[nH]c(-c3ccccn3)nc12)N1CCNC(c2ccccc2Cl)C1. The van der Waals surface area contributed by atoms with E-state index in [1.807, 2.05) is 30.3 Å². The minimum atomic E-state index is -0.274. The summed E-state index contributed by atoms with van der Waals surface area (Å²) >= 11 is 7.59. The number of hydrogen-bond donors (Lipinski definition) is 2. The molecule has 3 aromatic heterocycles. The fraction of sp³-hybridized carbons (Fsp3) is 0.182. The molecular weight excluding hydrogens is 434 g/mol. The number of amides is 1. The molecule has 1 aliphatic heterocycles. The number of aromatic nitrogens is 3. The van der Waals surface area contributed by atoms with E-state index in [9.17, 15) is 9.59 Å². The van der Waals surface area contributed by atoms with Crippen molar-refractivity contribution in [3.05, 3.63) is 80.5 Å². The van der Waals surface area contributed by atoms with Gasteiger partial charge in [0.05, 0.1) is 11.6 Å². The van der Waals surface area contributed by atoms with E-state index in [1.165, 1.54) is 11.3 Å². The van der Waals surface area contributed by atoms with Gasteiger partial charge in [-0.3, -0.25) is 14.6 Å². The number of pyridine rings is 1. The predicted molar refractivity (Wildman–Crippen MR) is 122 cm³/mol. The number of aromatic amines is 1. The summed E-state index contributed by atoms with van der Waals surface area (Å²) in [7, 11) is 0. The Labute approximate surface area is 186 Å². The van der Waals surface area contributed by atoms with Crippen LogP contribution in [0.5, 0.6) is 0 Å². The van der Waals surface area contributed by atoms with E-state index in [1.54, 1.807) is 28.6 Å². The lowest BCUT2D eigenvalue weighted by Gasteiger charge is -2.34. The molecule has 2 N–H and O–H groups in total. The van der Waals surface area contributed by atoms with Crippen LogP contribution in [0.25, 0.3) is 21.7 Å². The lowest BCUT2D eigenvalue weighted by Crippen LogP contribution is -2.48. The van der Waals surface area contributed by atoms with Crippen LogP contribution in [0.4, 0.5) is 0 Å². The molecule has 1 aliphatic rings. The Morgan fingerprint density at radius 3 is 2.84 bits per heavy atom. The fourth-order valence-corrected chi connectivity index (χ4v) is 4.92. The first kappa shape index (κ1) is 19.9. The van der Waals surface area contributed by atoms with E-state index < -0.39 is 0 Å². The molecule has 31 heavy (non-hydrogen) atoms. The van der Waals surface area contributed by atoms with Crippen molar-refractivity contribution in [3.8, 4) is 11.5 Å². The molecule has 1 aromatic carbocycles. The van der Waals surface area contributed by atoms with Crippen LogP contribution >= 0.6 is 22.9 Å². The number of halogens is 1. The summed E-state index contributed by atoms with van der Waals surface area (Å²) in [5.41, 5.74) is 2.08. The summed E-state index contributed by atoms with van der Waals surface area (Å²) in [6.07, 6.45) is 1.63. The number of carbonyl (C=O) groups excluding carboxylic acids is 1. The lowest BCUT2D eigenvalue weighted by molar-refractivity contribution is 0.0705. The minimum Gasteiger partial charge on any atom is -0.335 e. The molecule has 1 amide bonds. The number of nitrogens with one attached hydrogen (secondary N) is 2. The Hall–Kier alpha value is -3.07. The normalized spacial score (nSPS) is 16.5. The third-order valence-electron chi connectivity index (χ3n) is 5.31. The van der Waals surface area contributed by atoms with Gasteiger partial charge in [0, 0.05) is 36.2 Å². The maximum Gasteiger partial charge on any atom is 0.269 e. The second-order valence-corrected chi connectivity index (χ2v) is 8.52. The molecule has 4 aromatic rings. The zero-order valence-electron chi connectivity index (χ0n) is 16.3. The van der Waals surface area contributed by atoms with E-state index in [2.05, 4.69) is 20.3 Å². The average molecular weight is 452 g/mol. The van der Waals surface area contributed by atoms with Crippen LogP contribution in [0.3, 0.4) is 0 Å². The summed E-state index contributed by atoms with van der Waals surface area (Å²) in [5, 5.41) is 5.81. The van der Waals surface area contributed by atoms with Gasteiger partial charge in [-0.2, -0.15) is 0 Å². The number of benzene rings is 1. The van der Waals surface area contributed by atoms with Crippen LogP contribution in [0.1, 0.15) is 22.0 Å². The zero-order chi connectivity index (χ0) is 21.4. The van der Waals surface area contributed by atoms with E-state index in [4.69, 9.17) is 11.6 Å². The molecule has 9 heteroatoms. The van der Waals surface area contributed by atoms with Crippen molar-refractivity contribution in [2.24, 2.45) is 0 Å². The highest BCUT2D eigenvalue weighted by molar-refractivity contribution is 7.17. The molecule has 0 bridgehead atoms. The highest BCUT2D eigenvalue weighted by Gasteiger charge is 2.28. The van der Waals surface area contributed by atoms with Crippen molar-refractivity contribution < 1.29 is 4.79 Å². The molecule has 1 unspecified atom stereocenters. The molecule has 1 fully saturated rings. The third-order valence-corrected chi connectivity index (χ3v) is 6.62. The summed E-state index contributed by atoms with van der Waals surface area (Å²) in [6, 6.07) is 13.0. The Bertz CT molecular complexity index is 1320. The Balaban J connectivity index is 1.49. The van der Waals surface area contributed by atoms with Gasteiger partial charge in [0.1, 0.15) is 15.9 Å². The maximum atomic E-state index is 13.4. The van der Waals surface area contributed by atoms with Crippen LogP contribution in [-0.2, 0) is 0 Å². The van der Waals surface area contributed by atoms with Crippen LogP contribution in [-0.4, -0.2) is 45.4 Å². The van der Waals surface area contributed by atoms with Gasteiger partial charge in [-0.1, -0.05) is 35.9 Å². The van der Waals surface area contributed by atoms with Gasteiger partial charge in [0.15, 0.2) is 5.82 Å². The standard InChI is InChI=1S/C22H18ClN5O2S/c23-15-6-2-1-5-13(15)17-11-28(10-9-25-17)22(30)14-12-31-19-18(14)26-20(27-21(19)29)16-7-3-4-8-24-16/h1-8,12,17,25H,9-11H2,(H,26,27,29). The van der Waals surface area contributed by atoms with Gasteiger partial charge in [0.25, 0.3) is 11.5 Å². The highest BCUT2D eigenvalue weighted by Crippen LogP contribution is 2.28. The molecule has 0 radical (unpaired) electrons. The minimum absolute atomic E-state index is 0.0586. The summed E-state index contributed by atoms with van der Waals surface area (Å²) in [4.78, 5) is 39.4. The van der Waals surface area contributed by atoms with Crippen molar-refractivity contribution in [2.75, 3.05) is 19.6 Å². The number of piperazine rings is 1. The zero-order valence-corrected chi connectivity index (χ0v) is 17.9. The average Bonchev–Trinajstić information content (AvgIpc) is 3.24. The predicted octanol–water partition coefficient (Wildman–Crippen LogP) is 3.49. The molecule has 0 saturated carbocycles. The van der Waals surface area contributed by atoms with Gasteiger partial charge in [-0.05, 0) is 23.8 Å². The van der Waals surface area contributed by atoms with Gasteiger partial charge in [-0.25, -0.2) is 4.98 Å². The van der Waals surface area contributed by atoms with Crippen molar-refractivity contribution >= 4 is 39.1 Å². The third kappa shape index (κ3) is 3.74. The molecule has 0 spiro atoms. The van der Waals surface area contributed by atoms with E-state index >= 15 is 0 Å². The topological polar surface area (TPSA) is 91.0 Å². The number of thiophene rings is 1. The number of fused-ring (bicyclic) bond motifs is 1. The number of hydrogen-bond acceptors (Lipinski definition) is 6. The number of H-pyrrole nitrogens is 1. The summed E-state index contributed by atoms with van der Waals surface area (Å²) in [5.74, 6) is 0.203. The second-order valence-electron chi connectivity index (χ2n) is 7.24. The monoisotopic (exact) mass is 451 g/mol. The van der Waals surface area contributed by atoms with Crippen molar-refractivity contribution in [1.82, 2.24) is 25.2 Å². The second kappa shape index (κ2) is 8.22. The largest absolute Gasteiger partial charge is 0.335 e. The summed E-state index contributed by atoms with van der Waals surface area (Å²) in [6.45, 7) is 1.69.